The van der Waals surface area contributed by atoms with Gasteiger partial charge in [-0.05, 0) is 37.1 Å². The van der Waals surface area contributed by atoms with E-state index in [1.54, 1.807) is 33.5 Å². The third kappa shape index (κ3) is 8.18. The molecule has 0 spiro atoms. The van der Waals surface area contributed by atoms with Gasteiger partial charge in [-0.2, -0.15) is 0 Å². The minimum atomic E-state index is -1.82. The van der Waals surface area contributed by atoms with Crippen LogP contribution in [0.3, 0.4) is 0 Å². The van der Waals surface area contributed by atoms with Crippen molar-refractivity contribution in [2.24, 2.45) is 0 Å². The Bertz CT molecular complexity index is 951. The van der Waals surface area contributed by atoms with Crippen LogP contribution in [0.4, 0.5) is 0 Å². The Morgan fingerprint density at radius 3 is 1.83 bits per heavy atom. The van der Waals surface area contributed by atoms with Gasteiger partial charge in [-0.15, -0.1) is 0 Å². The van der Waals surface area contributed by atoms with Gasteiger partial charge in [-0.1, -0.05) is 30.3 Å². The number of aryl methyl sites for hydroxylation is 1. The Balaban J connectivity index is 0.000000641. The molecule has 0 unspecified atom stereocenters. The van der Waals surface area contributed by atoms with Gasteiger partial charge in [0, 0.05) is 31.7 Å². The van der Waals surface area contributed by atoms with Crippen molar-refractivity contribution in [1.29, 1.82) is 0 Å². The summed E-state index contributed by atoms with van der Waals surface area (Å²) in [6.07, 6.45) is 2.22. The van der Waals surface area contributed by atoms with Crippen molar-refractivity contribution < 1.29 is 38.8 Å². The molecule has 1 amide bonds. The van der Waals surface area contributed by atoms with Gasteiger partial charge in [-0.3, -0.25) is 9.69 Å². The topological polar surface area (TPSA) is 126 Å². The van der Waals surface area contributed by atoms with Gasteiger partial charge in [0.15, 0.2) is 11.5 Å². The Morgan fingerprint density at radius 1 is 0.829 bits per heavy atom. The number of hydrogen-bond acceptors (Lipinski definition) is 7. The summed E-state index contributed by atoms with van der Waals surface area (Å²) in [5.74, 6) is -2.17. The number of hydrogen-bond donors (Lipinski definition) is 2. The van der Waals surface area contributed by atoms with Crippen LogP contribution in [0.1, 0.15) is 22.3 Å². The van der Waals surface area contributed by atoms with Gasteiger partial charge in [-0.25, -0.2) is 9.59 Å². The first kappa shape index (κ1) is 27.5. The van der Waals surface area contributed by atoms with Crippen LogP contribution in [0, 0.1) is 0 Å². The van der Waals surface area contributed by atoms with Crippen LogP contribution in [0.2, 0.25) is 0 Å². The molecule has 2 N–H and O–H groups in total. The number of piperazine rings is 1. The molecule has 35 heavy (non-hydrogen) atoms. The maximum Gasteiger partial charge on any atom is 0.414 e. The molecule has 0 aliphatic carbocycles. The summed E-state index contributed by atoms with van der Waals surface area (Å²) in [6, 6.07) is 14.0. The van der Waals surface area contributed by atoms with E-state index in [0.29, 0.717) is 22.8 Å². The Hall–Kier alpha value is -3.79. The molecule has 0 atom stereocenters. The molecule has 1 saturated heterocycles. The molecule has 0 bridgehead atoms. The molecule has 1 fully saturated rings. The molecule has 190 valence electrons. The highest BCUT2D eigenvalue weighted by atomic mass is 16.5. The number of rotatable bonds is 8. The number of methoxy groups -OCH3 is 3. The van der Waals surface area contributed by atoms with Crippen LogP contribution in [0.15, 0.2) is 42.5 Å². The van der Waals surface area contributed by atoms with Crippen molar-refractivity contribution in [2.45, 2.75) is 12.8 Å². The smallest absolute Gasteiger partial charge is 0.414 e. The standard InChI is InChI=1S/C23H30N2O4.C2H2O4/c1-27-20-16-19(17-21(28-2)22(20)29-3)23(26)25-14-12-24(13-15-25)11-7-10-18-8-5-4-6-9-18;3-1(4)2(5)6/h4-6,8-9,16-17H,7,10-15H2,1-3H3;(H,3,4)(H,5,6). The van der Waals surface area contributed by atoms with E-state index in [-0.39, 0.29) is 5.91 Å². The Kier molecular flexibility index (Phi) is 10.8. The van der Waals surface area contributed by atoms with Crippen molar-refractivity contribution in [1.82, 2.24) is 9.80 Å². The normalized spacial score (nSPS) is 13.3. The van der Waals surface area contributed by atoms with Crippen LogP contribution >= 0.6 is 0 Å². The molecule has 1 heterocycles. The van der Waals surface area contributed by atoms with Gasteiger partial charge in [0.05, 0.1) is 21.3 Å². The number of ether oxygens (including phenoxy) is 3. The summed E-state index contributed by atoms with van der Waals surface area (Å²) in [6.45, 7) is 4.29. The number of carbonyl (C=O) groups excluding carboxylic acids is 1. The molecule has 1 aliphatic rings. The van der Waals surface area contributed by atoms with Crippen LogP contribution in [0.5, 0.6) is 17.2 Å². The van der Waals surface area contributed by atoms with E-state index in [1.165, 1.54) is 5.56 Å². The number of nitrogens with zero attached hydrogens (tertiary/aromatic N) is 2. The lowest BCUT2D eigenvalue weighted by atomic mass is 10.1. The van der Waals surface area contributed by atoms with Crippen molar-refractivity contribution >= 4 is 17.8 Å². The highest BCUT2D eigenvalue weighted by Crippen LogP contribution is 2.38. The summed E-state index contributed by atoms with van der Waals surface area (Å²) in [4.78, 5) is 35.5. The zero-order valence-corrected chi connectivity index (χ0v) is 20.2. The van der Waals surface area contributed by atoms with Crippen LogP contribution in [-0.2, 0) is 16.0 Å². The quantitative estimate of drug-likeness (QED) is 0.538. The van der Waals surface area contributed by atoms with Crippen molar-refractivity contribution in [3.05, 3.63) is 53.6 Å². The van der Waals surface area contributed by atoms with E-state index in [1.807, 2.05) is 11.0 Å². The van der Waals surface area contributed by atoms with Crippen LogP contribution < -0.4 is 14.2 Å². The SMILES string of the molecule is COc1cc(C(=O)N2CCN(CCCc3ccccc3)CC2)cc(OC)c1OC.O=C(O)C(=O)O. The highest BCUT2D eigenvalue weighted by Gasteiger charge is 2.24. The zero-order valence-electron chi connectivity index (χ0n) is 20.2. The highest BCUT2D eigenvalue weighted by molar-refractivity contribution is 6.27. The lowest BCUT2D eigenvalue weighted by Crippen LogP contribution is -2.48. The molecule has 10 nitrogen and oxygen atoms in total. The first-order valence-electron chi connectivity index (χ1n) is 11.1. The summed E-state index contributed by atoms with van der Waals surface area (Å²) in [7, 11) is 4.67. The zero-order chi connectivity index (χ0) is 25.8. The monoisotopic (exact) mass is 488 g/mol. The molecule has 3 rings (SSSR count). The molecule has 10 heteroatoms. The second kappa shape index (κ2) is 13.8. The summed E-state index contributed by atoms with van der Waals surface area (Å²) in [5.41, 5.74) is 1.93. The molecule has 2 aromatic rings. The molecule has 1 aliphatic heterocycles. The number of carboxylic acids is 2. The van der Waals surface area contributed by atoms with E-state index < -0.39 is 11.9 Å². The summed E-state index contributed by atoms with van der Waals surface area (Å²) in [5, 5.41) is 14.8. The minimum absolute atomic E-state index is 0.00631. The molecular formula is C25H32N2O8. The minimum Gasteiger partial charge on any atom is -0.493 e. The maximum absolute atomic E-state index is 13.0. The first-order valence-corrected chi connectivity index (χ1v) is 11.1. The first-order chi connectivity index (χ1) is 16.8. The maximum atomic E-state index is 13.0. The van der Waals surface area contributed by atoms with E-state index in [2.05, 4.69) is 29.2 Å². The average molecular weight is 489 g/mol. The van der Waals surface area contributed by atoms with E-state index >= 15 is 0 Å². The Labute approximate surface area is 204 Å². The van der Waals surface area contributed by atoms with Crippen LogP contribution in [-0.4, -0.2) is 91.9 Å². The molecule has 2 aromatic carbocycles. The predicted molar refractivity (Wildman–Crippen MR) is 128 cm³/mol. The Morgan fingerprint density at radius 2 is 1.37 bits per heavy atom. The third-order valence-electron chi connectivity index (χ3n) is 5.54. The average Bonchev–Trinajstić information content (AvgIpc) is 2.88. The van der Waals surface area contributed by atoms with Crippen molar-refractivity contribution in [3.63, 3.8) is 0 Å². The predicted octanol–water partition coefficient (Wildman–Crippen LogP) is 2.26. The number of carbonyl (C=O) groups is 3. The number of benzene rings is 2. The van der Waals surface area contributed by atoms with Gasteiger partial charge < -0.3 is 29.3 Å². The molecular weight excluding hydrogens is 456 g/mol. The van der Waals surface area contributed by atoms with Gasteiger partial charge in [0.2, 0.25) is 5.75 Å². The fraction of sp³-hybridized carbons (Fsp3) is 0.400. The van der Waals surface area contributed by atoms with E-state index in [9.17, 15) is 4.79 Å². The third-order valence-corrected chi connectivity index (χ3v) is 5.54. The number of amides is 1. The van der Waals surface area contributed by atoms with Gasteiger partial charge in [0.1, 0.15) is 0 Å². The van der Waals surface area contributed by atoms with Crippen molar-refractivity contribution in [3.8, 4) is 17.2 Å². The van der Waals surface area contributed by atoms with Gasteiger partial charge in [0.25, 0.3) is 5.91 Å². The fourth-order valence-corrected chi connectivity index (χ4v) is 3.71. The number of carboxylic acid groups (broad SMARTS) is 2. The van der Waals surface area contributed by atoms with E-state index in [0.717, 1.165) is 45.6 Å². The second-order valence-electron chi connectivity index (χ2n) is 7.75. The lowest BCUT2D eigenvalue weighted by Gasteiger charge is -2.35. The molecule has 0 aromatic heterocycles. The number of aliphatic carboxylic acids is 2. The van der Waals surface area contributed by atoms with E-state index in [4.69, 9.17) is 34.0 Å². The second-order valence-corrected chi connectivity index (χ2v) is 7.75. The van der Waals surface area contributed by atoms with Crippen LogP contribution in [0.25, 0.3) is 0 Å². The van der Waals surface area contributed by atoms with Gasteiger partial charge >= 0.3 is 11.9 Å². The van der Waals surface area contributed by atoms with Crippen molar-refractivity contribution in [2.75, 3.05) is 54.1 Å². The largest absolute Gasteiger partial charge is 0.493 e. The molecule has 0 saturated carbocycles. The summed E-state index contributed by atoms with van der Waals surface area (Å²) >= 11 is 0. The summed E-state index contributed by atoms with van der Waals surface area (Å²) < 4.78 is 16.1. The fourth-order valence-electron chi connectivity index (χ4n) is 3.71. The molecule has 0 radical (unpaired) electrons. The lowest BCUT2D eigenvalue weighted by molar-refractivity contribution is -0.159.